The first-order chi connectivity index (χ1) is 9.24. The molecule has 100 valence electrons. The normalized spacial score (nSPS) is 11.6. The zero-order valence-electron chi connectivity index (χ0n) is 11.6. The smallest absolute Gasteiger partial charge is 0.250 e. The lowest BCUT2D eigenvalue weighted by Crippen LogP contribution is -1.97. The van der Waals surface area contributed by atoms with E-state index < -0.39 is 0 Å². The minimum Gasteiger partial charge on any atom is -0.335 e. The molecule has 0 aliphatic heterocycles. The first kappa shape index (κ1) is 13.5. The molecule has 0 fully saturated rings. The van der Waals surface area contributed by atoms with E-state index in [-0.39, 0.29) is 0 Å². The molecule has 19 heavy (non-hydrogen) atoms. The van der Waals surface area contributed by atoms with Crippen LogP contribution in [0.5, 0.6) is 0 Å². The van der Waals surface area contributed by atoms with Crippen molar-refractivity contribution >= 4 is 12.2 Å². The van der Waals surface area contributed by atoms with E-state index in [4.69, 9.17) is 4.52 Å². The molecule has 2 aromatic rings. The monoisotopic (exact) mass is 257 g/mol. The molecule has 0 radical (unpaired) electrons. The van der Waals surface area contributed by atoms with E-state index in [0.29, 0.717) is 11.8 Å². The molecule has 0 saturated heterocycles. The molecule has 0 aliphatic carbocycles. The summed E-state index contributed by atoms with van der Waals surface area (Å²) in [7, 11) is 0. The molecule has 0 atom stereocenters. The van der Waals surface area contributed by atoms with Gasteiger partial charge in [-0.25, -0.2) is 0 Å². The molecular formula is C15H19N3O. The van der Waals surface area contributed by atoms with Crippen LogP contribution in [0.25, 0.3) is 12.2 Å². The molecule has 2 heterocycles. The Morgan fingerprint density at radius 2 is 2.05 bits per heavy atom. The van der Waals surface area contributed by atoms with Gasteiger partial charge in [-0.3, -0.25) is 4.98 Å². The second kappa shape index (κ2) is 6.27. The number of pyridine rings is 1. The predicted molar refractivity (Wildman–Crippen MR) is 75.5 cm³/mol. The van der Waals surface area contributed by atoms with Crippen LogP contribution in [0.1, 0.15) is 55.4 Å². The van der Waals surface area contributed by atoms with Crippen molar-refractivity contribution in [1.82, 2.24) is 15.1 Å². The van der Waals surface area contributed by atoms with Gasteiger partial charge in [0.1, 0.15) is 0 Å². The molecule has 2 rings (SSSR count). The van der Waals surface area contributed by atoms with Crippen LogP contribution in [-0.2, 0) is 0 Å². The molecule has 0 aromatic carbocycles. The highest BCUT2D eigenvalue weighted by molar-refractivity contribution is 5.67. The maximum absolute atomic E-state index is 5.25. The zero-order chi connectivity index (χ0) is 13.7. The molecule has 0 unspecified atom stereocenters. The average Bonchev–Trinajstić information content (AvgIpc) is 2.88. The Morgan fingerprint density at radius 3 is 2.74 bits per heavy atom. The van der Waals surface area contributed by atoms with Crippen molar-refractivity contribution in [2.75, 3.05) is 0 Å². The van der Waals surface area contributed by atoms with Gasteiger partial charge >= 0.3 is 0 Å². The summed E-state index contributed by atoms with van der Waals surface area (Å²) in [4.78, 5) is 8.48. The lowest BCUT2D eigenvalue weighted by atomic mass is 10.0. The van der Waals surface area contributed by atoms with E-state index in [9.17, 15) is 0 Å². The van der Waals surface area contributed by atoms with Gasteiger partial charge in [0.2, 0.25) is 0 Å². The lowest BCUT2D eigenvalue weighted by molar-refractivity contribution is 0.395. The standard InChI is InChI=1S/C15H19N3O/c1-4-12(5-2)15-17-14(19-18-15)7-6-13-8-9-16-10-11(13)3/h6-10,12H,4-5H2,1-3H3. The summed E-state index contributed by atoms with van der Waals surface area (Å²) >= 11 is 0. The Labute approximate surface area is 113 Å². The van der Waals surface area contributed by atoms with Crippen molar-refractivity contribution in [2.24, 2.45) is 0 Å². The summed E-state index contributed by atoms with van der Waals surface area (Å²) in [6.07, 6.45) is 9.49. The van der Waals surface area contributed by atoms with Crippen LogP contribution in [-0.4, -0.2) is 15.1 Å². The van der Waals surface area contributed by atoms with Crippen LogP contribution in [0.3, 0.4) is 0 Å². The van der Waals surface area contributed by atoms with Gasteiger partial charge in [-0.2, -0.15) is 4.98 Å². The Morgan fingerprint density at radius 1 is 1.26 bits per heavy atom. The summed E-state index contributed by atoms with van der Waals surface area (Å²) in [6.45, 7) is 6.30. The summed E-state index contributed by atoms with van der Waals surface area (Å²) < 4.78 is 5.25. The fourth-order valence-electron chi connectivity index (χ4n) is 1.97. The summed E-state index contributed by atoms with van der Waals surface area (Å²) in [6, 6.07) is 1.96. The third-order valence-electron chi connectivity index (χ3n) is 3.28. The van der Waals surface area contributed by atoms with Crippen molar-refractivity contribution in [3.63, 3.8) is 0 Å². The molecule has 4 heteroatoms. The Kier molecular flexibility index (Phi) is 4.44. The minimum absolute atomic E-state index is 0.383. The van der Waals surface area contributed by atoms with Crippen molar-refractivity contribution in [3.8, 4) is 0 Å². The number of rotatable bonds is 5. The quantitative estimate of drug-likeness (QED) is 0.816. The molecule has 0 spiro atoms. The predicted octanol–water partition coefficient (Wildman–Crippen LogP) is 3.85. The molecule has 0 amide bonds. The molecule has 4 nitrogen and oxygen atoms in total. The molecule has 0 aliphatic rings. The highest BCUT2D eigenvalue weighted by Crippen LogP contribution is 2.20. The van der Waals surface area contributed by atoms with Gasteiger partial charge in [0.15, 0.2) is 5.82 Å². The number of hydrogen-bond donors (Lipinski definition) is 0. The molecular weight excluding hydrogens is 238 g/mol. The van der Waals surface area contributed by atoms with E-state index in [1.807, 2.05) is 31.3 Å². The van der Waals surface area contributed by atoms with E-state index in [2.05, 4.69) is 29.0 Å². The maximum Gasteiger partial charge on any atom is 0.250 e. The molecule has 0 saturated carbocycles. The highest BCUT2D eigenvalue weighted by atomic mass is 16.5. The van der Waals surface area contributed by atoms with Gasteiger partial charge < -0.3 is 4.52 Å². The van der Waals surface area contributed by atoms with E-state index >= 15 is 0 Å². The van der Waals surface area contributed by atoms with Gasteiger partial charge in [-0.1, -0.05) is 19.0 Å². The van der Waals surface area contributed by atoms with Crippen molar-refractivity contribution < 1.29 is 4.52 Å². The third kappa shape index (κ3) is 3.28. The first-order valence-electron chi connectivity index (χ1n) is 6.66. The van der Waals surface area contributed by atoms with Crippen molar-refractivity contribution in [1.29, 1.82) is 0 Å². The average molecular weight is 257 g/mol. The van der Waals surface area contributed by atoms with Gasteiger partial charge in [-0.15, -0.1) is 0 Å². The zero-order valence-corrected chi connectivity index (χ0v) is 11.6. The maximum atomic E-state index is 5.25. The topological polar surface area (TPSA) is 51.8 Å². The van der Waals surface area contributed by atoms with Crippen LogP contribution in [0.4, 0.5) is 0 Å². The van der Waals surface area contributed by atoms with Crippen molar-refractivity contribution in [2.45, 2.75) is 39.5 Å². The van der Waals surface area contributed by atoms with Gasteiger partial charge in [0, 0.05) is 24.4 Å². The van der Waals surface area contributed by atoms with Gasteiger partial charge in [0.05, 0.1) is 0 Å². The molecule has 2 aromatic heterocycles. The first-order valence-corrected chi connectivity index (χ1v) is 6.66. The Balaban J connectivity index is 2.14. The Hall–Kier alpha value is -1.97. The Bertz CT molecular complexity index is 556. The fraction of sp³-hybridized carbons (Fsp3) is 0.400. The van der Waals surface area contributed by atoms with Gasteiger partial charge in [-0.05, 0) is 43.0 Å². The molecule has 0 N–H and O–H groups in total. The van der Waals surface area contributed by atoms with Crippen LogP contribution >= 0.6 is 0 Å². The summed E-state index contributed by atoms with van der Waals surface area (Å²) in [5, 5.41) is 4.04. The SMILES string of the molecule is CCC(CC)c1noc(C=Cc2ccncc2C)n1. The van der Waals surface area contributed by atoms with E-state index in [0.717, 1.165) is 29.8 Å². The van der Waals surface area contributed by atoms with Crippen LogP contribution < -0.4 is 0 Å². The second-order valence-electron chi connectivity index (χ2n) is 4.57. The second-order valence-corrected chi connectivity index (χ2v) is 4.57. The van der Waals surface area contributed by atoms with Gasteiger partial charge in [0.25, 0.3) is 5.89 Å². The number of hydrogen-bond acceptors (Lipinski definition) is 4. The number of nitrogens with zero attached hydrogens (tertiary/aromatic N) is 3. The fourth-order valence-corrected chi connectivity index (χ4v) is 1.97. The number of aromatic nitrogens is 3. The van der Waals surface area contributed by atoms with Crippen LogP contribution in [0.15, 0.2) is 23.0 Å². The van der Waals surface area contributed by atoms with Crippen LogP contribution in [0.2, 0.25) is 0 Å². The largest absolute Gasteiger partial charge is 0.335 e. The lowest BCUT2D eigenvalue weighted by Gasteiger charge is -2.04. The van der Waals surface area contributed by atoms with Crippen molar-refractivity contribution in [3.05, 3.63) is 41.3 Å². The third-order valence-corrected chi connectivity index (χ3v) is 3.28. The molecule has 0 bridgehead atoms. The minimum atomic E-state index is 0.383. The number of aryl methyl sites for hydroxylation is 1. The van der Waals surface area contributed by atoms with E-state index in [1.54, 1.807) is 6.20 Å². The summed E-state index contributed by atoms with van der Waals surface area (Å²) in [5.41, 5.74) is 2.23. The summed E-state index contributed by atoms with van der Waals surface area (Å²) in [5.74, 6) is 1.74. The highest BCUT2D eigenvalue weighted by Gasteiger charge is 2.13. The van der Waals surface area contributed by atoms with E-state index in [1.165, 1.54) is 0 Å². The van der Waals surface area contributed by atoms with Crippen LogP contribution in [0, 0.1) is 6.92 Å².